The number of amides is 1. The first kappa shape index (κ1) is 18.2. The van der Waals surface area contributed by atoms with Gasteiger partial charge < -0.3 is 15.0 Å². The van der Waals surface area contributed by atoms with Crippen LogP contribution in [-0.4, -0.2) is 37.2 Å². The third kappa shape index (κ3) is 4.51. The Balaban J connectivity index is 1.56. The summed E-state index contributed by atoms with van der Waals surface area (Å²) < 4.78 is 42.9. The molecule has 26 heavy (non-hydrogen) atoms. The van der Waals surface area contributed by atoms with Gasteiger partial charge in [-0.25, -0.2) is 4.98 Å². The Kier molecular flexibility index (Phi) is 5.41. The van der Waals surface area contributed by atoms with E-state index in [1.54, 1.807) is 12.1 Å². The second kappa shape index (κ2) is 7.74. The molecule has 0 aliphatic carbocycles. The number of aromatic nitrogens is 1. The summed E-state index contributed by atoms with van der Waals surface area (Å²) in [4.78, 5) is 18.5. The van der Waals surface area contributed by atoms with Crippen molar-refractivity contribution in [1.29, 1.82) is 0 Å². The van der Waals surface area contributed by atoms with Crippen molar-refractivity contribution >= 4 is 11.7 Å². The van der Waals surface area contributed by atoms with E-state index < -0.39 is 11.7 Å². The van der Waals surface area contributed by atoms with E-state index in [9.17, 15) is 18.0 Å². The maximum atomic E-state index is 12.5. The molecule has 1 aromatic carbocycles. The highest BCUT2D eigenvalue weighted by molar-refractivity contribution is 5.94. The molecule has 3 rings (SSSR count). The minimum atomic E-state index is -4.37. The van der Waals surface area contributed by atoms with Crippen LogP contribution in [0.3, 0.4) is 0 Å². The maximum Gasteiger partial charge on any atom is 0.416 e. The van der Waals surface area contributed by atoms with E-state index in [0.29, 0.717) is 24.3 Å². The lowest BCUT2D eigenvalue weighted by molar-refractivity contribution is -0.137. The van der Waals surface area contributed by atoms with Crippen LogP contribution in [0.1, 0.15) is 21.5 Å². The number of anilines is 1. The number of nitrogens with zero attached hydrogens (tertiary/aromatic N) is 2. The van der Waals surface area contributed by atoms with Gasteiger partial charge >= 0.3 is 6.18 Å². The first-order valence-corrected chi connectivity index (χ1v) is 8.16. The summed E-state index contributed by atoms with van der Waals surface area (Å²) >= 11 is 0. The Labute approximate surface area is 148 Å². The monoisotopic (exact) mass is 365 g/mol. The molecule has 5 nitrogen and oxygen atoms in total. The Bertz CT molecular complexity index is 740. The van der Waals surface area contributed by atoms with Crippen LogP contribution < -0.4 is 10.2 Å². The van der Waals surface area contributed by atoms with Gasteiger partial charge in [0.1, 0.15) is 5.82 Å². The van der Waals surface area contributed by atoms with Crippen molar-refractivity contribution in [1.82, 2.24) is 10.3 Å². The number of halogens is 3. The zero-order valence-corrected chi connectivity index (χ0v) is 13.9. The third-order valence-corrected chi connectivity index (χ3v) is 4.08. The SMILES string of the molecule is O=C(NCc1ccc(C(F)(F)F)cc1)c1ccc(N2CCOCC2)nc1. The van der Waals surface area contributed by atoms with Crippen LogP contribution in [0.2, 0.25) is 0 Å². The van der Waals surface area contributed by atoms with E-state index in [-0.39, 0.29) is 12.5 Å². The van der Waals surface area contributed by atoms with E-state index in [1.807, 2.05) is 0 Å². The molecule has 0 saturated carbocycles. The van der Waals surface area contributed by atoms with Crippen LogP contribution in [0.4, 0.5) is 19.0 Å². The summed E-state index contributed by atoms with van der Waals surface area (Å²) in [7, 11) is 0. The zero-order valence-electron chi connectivity index (χ0n) is 13.9. The number of rotatable bonds is 4. The largest absolute Gasteiger partial charge is 0.416 e. The van der Waals surface area contributed by atoms with Gasteiger partial charge in [0.15, 0.2) is 0 Å². The first-order valence-electron chi connectivity index (χ1n) is 8.16. The molecular weight excluding hydrogens is 347 g/mol. The van der Waals surface area contributed by atoms with Crippen LogP contribution in [0, 0.1) is 0 Å². The van der Waals surface area contributed by atoms with Crippen molar-refractivity contribution in [2.24, 2.45) is 0 Å². The molecule has 2 aromatic rings. The first-order chi connectivity index (χ1) is 12.4. The van der Waals surface area contributed by atoms with Crippen molar-refractivity contribution in [2.75, 3.05) is 31.2 Å². The van der Waals surface area contributed by atoms with E-state index >= 15 is 0 Å². The Morgan fingerprint density at radius 3 is 2.38 bits per heavy atom. The minimum Gasteiger partial charge on any atom is -0.378 e. The lowest BCUT2D eigenvalue weighted by atomic mass is 10.1. The van der Waals surface area contributed by atoms with Crippen LogP contribution >= 0.6 is 0 Å². The normalized spacial score (nSPS) is 15.0. The Morgan fingerprint density at radius 2 is 1.81 bits per heavy atom. The van der Waals surface area contributed by atoms with Gasteiger partial charge in [0.2, 0.25) is 0 Å². The van der Waals surface area contributed by atoms with E-state index in [1.165, 1.54) is 18.3 Å². The lowest BCUT2D eigenvalue weighted by Gasteiger charge is -2.27. The summed E-state index contributed by atoms with van der Waals surface area (Å²) in [6.07, 6.45) is -2.87. The number of alkyl halides is 3. The van der Waals surface area contributed by atoms with Gasteiger partial charge in [-0.05, 0) is 29.8 Å². The van der Waals surface area contributed by atoms with Gasteiger partial charge in [-0.1, -0.05) is 12.1 Å². The lowest BCUT2D eigenvalue weighted by Crippen LogP contribution is -2.36. The van der Waals surface area contributed by atoms with Gasteiger partial charge in [-0.3, -0.25) is 4.79 Å². The molecule has 0 atom stereocenters. The fourth-order valence-electron chi connectivity index (χ4n) is 2.60. The summed E-state index contributed by atoms with van der Waals surface area (Å²) in [5, 5.41) is 2.68. The third-order valence-electron chi connectivity index (χ3n) is 4.08. The number of ether oxygens (including phenoxy) is 1. The topological polar surface area (TPSA) is 54.5 Å². The molecule has 1 saturated heterocycles. The highest BCUT2D eigenvalue weighted by atomic mass is 19.4. The predicted octanol–water partition coefficient (Wildman–Crippen LogP) is 2.87. The van der Waals surface area contributed by atoms with Crippen molar-refractivity contribution in [3.63, 3.8) is 0 Å². The summed E-state index contributed by atoms with van der Waals surface area (Å²) in [6, 6.07) is 8.16. The van der Waals surface area contributed by atoms with Crippen LogP contribution in [0.5, 0.6) is 0 Å². The molecule has 1 aliphatic rings. The zero-order chi connectivity index (χ0) is 18.6. The molecule has 1 N–H and O–H groups in total. The average Bonchev–Trinajstić information content (AvgIpc) is 2.66. The fraction of sp³-hybridized carbons (Fsp3) is 0.333. The number of carbonyl (C=O) groups is 1. The highest BCUT2D eigenvalue weighted by Crippen LogP contribution is 2.29. The van der Waals surface area contributed by atoms with Gasteiger partial charge in [-0.15, -0.1) is 0 Å². The number of benzene rings is 1. The summed E-state index contributed by atoms with van der Waals surface area (Å²) in [5.41, 5.74) is 0.272. The number of hydrogen-bond acceptors (Lipinski definition) is 4. The molecule has 0 spiro atoms. The average molecular weight is 365 g/mol. The fourth-order valence-corrected chi connectivity index (χ4v) is 2.60. The molecule has 2 heterocycles. The van der Waals surface area contributed by atoms with Crippen LogP contribution in [-0.2, 0) is 17.5 Å². The van der Waals surface area contributed by atoms with Crippen molar-refractivity contribution in [3.05, 3.63) is 59.3 Å². The number of nitrogens with one attached hydrogen (secondary N) is 1. The molecule has 1 aromatic heterocycles. The van der Waals surface area contributed by atoms with Gasteiger partial charge in [0.25, 0.3) is 5.91 Å². The minimum absolute atomic E-state index is 0.141. The molecule has 8 heteroatoms. The van der Waals surface area contributed by atoms with E-state index in [0.717, 1.165) is 31.0 Å². The molecular formula is C18H18F3N3O2. The number of pyridine rings is 1. The van der Waals surface area contributed by atoms with Gasteiger partial charge in [0, 0.05) is 25.8 Å². The molecule has 1 fully saturated rings. The number of morpholine rings is 1. The second-order valence-corrected chi connectivity index (χ2v) is 5.88. The van der Waals surface area contributed by atoms with Gasteiger partial charge in [-0.2, -0.15) is 13.2 Å². The standard InChI is InChI=1S/C18H18F3N3O2/c19-18(20,21)15-4-1-13(2-5-15)11-23-17(25)14-3-6-16(22-12-14)24-7-9-26-10-8-24/h1-6,12H,7-11H2,(H,23,25). The maximum absolute atomic E-state index is 12.5. The quantitative estimate of drug-likeness (QED) is 0.905. The van der Waals surface area contributed by atoms with E-state index in [4.69, 9.17) is 4.74 Å². The summed E-state index contributed by atoms with van der Waals surface area (Å²) in [6.45, 7) is 2.95. The Morgan fingerprint density at radius 1 is 1.12 bits per heavy atom. The number of carbonyl (C=O) groups excluding carboxylic acids is 1. The smallest absolute Gasteiger partial charge is 0.378 e. The molecule has 0 bridgehead atoms. The highest BCUT2D eigenvalue weighted by Gasteiger charge is 2.29. The van der Waals surface area contributed by atoms with Gasteiger partial charge in [0.05, 0.1) is 24.3 Å². The molecule has 138 valence electrons. The second-order valence-electron chi connectivity index (χ2n) is 5.88. The van der Waals surface area contributed by atoms with E-state index in [2.05, 4.69) is 15.2 Å². The molecule has 0 unspecified atom stereocenters. The van der Waals surface area contributed by atoms with Crippen molar-refractivity contribution in [3.8, 4) is 0 Å². The van der Waals surface area contributed by atoms with Crippen LogP contribution in [0.25, 0.3) is 0 Å². The van der Waals surface area contributed by atoms with Crippen molar-refractivity contribution < 1.29 is 22.7 Å². The molecule has 1 aliphatic heterocycles. The van der Waals surface area contributed by atoms with Crippen LogP contribution in [0.15, 0.2) is 42.6 Å². The predicted molar refractivity (Wildman–Crippen MR) is 89.9 cm³/mol. The molecule has 0 radical (unpaired) electrons. The molecule has 1 amide bonds. The summed E-state index contributed by atoms with van der Waals surface area (Å²) in [5.74, 6) is 0.457. The van der Waals surface area contributed by atoms with Crippen molar-refractivity contribution in [2.45, 2.75) is 12.7 Å². The number of hydrogen-bond donors (Lipinski definition) is 1. The Hall–Kier alpha value is -2.61.